The van der Waals surface area contributed by atoms with Gasteiger partial charge in [-0.15, -0.1) is 0 Å². The van der Waals surface area contributed by atoms with E-state index >= 15 is 0 Å². The smallest absolute Gasteiger partial charge is 0.342 e. The number of hydrogen-bond donors (Lipinski definition) is 1. The van der Waals surface area contributed by atoms with Crippen LogP contribution in [0.3, 0.4) is 0 Å². The molecule has 0 aliphatic heterocycles. The van der Waals surface area contributed by atoms with E-state index in [0.29, 0.717) is 22.8 Å². The molecule has 1 N–H and O–H groups in total. The van der Waals surface area contributed by atoms with Crippen molar-refractivity contribution in [1.82, 2.24) is 0 Å². The highest BCUT2D eigenvalue weighted by molar-refractivity contribution is 6.08. The zero-order valence-electron chi connectivity index (χ0n) is 17.3. The standard InChI is InChI=1S/C24H21NO6/c1-14(30-24(27)16-9-5-6-10-19(16)28-2)23(26)25-18-13-21-17(12-22(18)29-3)15-8-4-7-11-20(15)31-21/h4-14H,1-3H3,(H,25,26)/t14-/m0/s1. The zero-order valence-corrected chi connectivity index (χ0v) is 17.3. The summed E-state index contributed by atoms with van der Waals surface area (Å²) in [5.74, 6) is -0.315. The van der Waals surface area contributed by atoms with Crippen LogP contribution in [0.25, 0.3) is 21.9 Å². The number of methoxy groups -OCH3 is 2. The number of para-hydroxylation sites is 2. The van der Waals surface area contributed by atoms with E-state index in [1.54, 1.807) is 30.3 Å². The second-order valence-corrected chi connectivity index (χ2v) is 6.88. The van der Waals surface area contributed by atoms with Crippen LogP contribution in [0.1, 0.15) is 17.3 Å². The third-order valence-corrected chi connectivity index (χ3v) is 4.94. The molecule has 1 heterocycles. The molecule has 1 amide bonds. The molecule has 1 aromatic heterocycles. The van der Waals surface area contributed by atoms with E-state index in [4.69, 9.17) is 18.6 Å². The Bertz CT molecular complexity index is 1280. The fraction of sp³-hybridized carbons (Fsp3) is 0.167. The summed E-state index contributed by atoms with van der Waals surface area (Å²) in [6, 6.07) is 17.8. The van der Waals surface area contributed by atoms with Crippen molar-refractivity contribution >= 4 is 39.5 Å². The van der Waals surface area contributed by atoms with E-state index < -0.39 is 18.0 Å². The van der Waals surface area contributed by atoms with Crippen molar-refractivity contribution in [2.45, 2.75) is 13.0 Å². The maximum Gasteiger partial charge on any atom is 0.342 e. The molecule has 0 bridgehead atoms. The van der Waals surface area contributed by atoms with Gasteiger partial charge in [-0.2, -0.15) is 0 Å². The molecule has 0 saturated heterocycles. The Hall–Kier alpha value is -4.00. The van der Waals surface area contributed by atoms with Crippen LogP contribution in [0.5, 0.6) is 11.5 Å². The van der Waals surface area contributed by atoms with Gasteiger partial charge in [0.25, 0.3) is 5.91 Å². The number of carbonyl (C=O) groups is 2. The quantitative estimate of drug-likeness (QED) is 0.452. The monoisotopic (exact) mass is 419 g/mol. The maximum atomic E-state index is 12.7. The topological polar surface area (TPSA) is 87.0 Å². The van der Waals surface area contributed by atoms with Gasteiger partial charge >= 0.3 is 5.97 Å². The summed E-state index contributed by atoms with van der Waals surface area (Å²) in [6.07, 6.45) is -1.05. The zero-order chi connectivity index (χ0) is 22.0. The van der Waals surface area contributed by atoms with Crippen LogP contribution >= 0.6 is 0 Å². The van der Waals surface area contributed by atoms with E-state index in [1.165, 1.54) is 21.1 Å². The third-order valence-electron chi connectivity index (χ3n) is 4.94. The second-order valence-electron chi connectivity index (χ2n) is 6.88. The number of benzene rings is 3. The van der Waals surface area contributed by atoms with E-state index in [9.17, 15) is 9.59 Å². The minimum atomic E-state index is -1.05. The summed E-state index contributed by atoms with van der Waals surface area (Å²) in [6.45, 7) is 1.49. The number of hydrogen-bond acceptors (Lipinski definition) is 6. The number of ether oxygens (including phenoxy) is 3. The highest BCUT2D eigenvalue weighted by atomic mass is 16.5. The van der Waals surface area contributed by atoms with Crippen molar-refractivity contribution in [2.75, 3.05) is 19.5 Å². The Morgan fingerprint density at radius 3 is 2.35 bits per heavy atom. The summed E-state index contributed by atoms with van der Waals surface area (Å²) < 4.78 is 21.8. The second kappa shape index (κ2) is 8.39. The number of furan rings is 1. The first-order valence-corrected chi connectivity index (χ1v) is 9.66. The number of carbonyl (C=O) groups excluding carboxylic acids is 2. The molecule has 0 radical (unpaired) electrons. The normalized spacial score (nSPS) is 11.8. The Labute approximate surface area is 178 Å². The lowest BCUT2D eigenvalue weighted by Crippen LogP contribution is -2.30. The van der Waals surface area contributed by atoms with Crippen LogP contribution in [0.4, 0.5) is 5.69 Å². The number of rotatable bonds is 6. The molecule has 158 valence electrons. The average Bonchev–Trinajstić information content (AvgIpc) is 3.15. The van der Waals surface area contributed by atoms with Crippen molar-refractivity contribution in [2.24, 2.45) is 0 Å². The minimum absolute atomic E-state index is 0.242. The summed E-state index contributed by atoms with van der Waals surface area (Å²) in [5.41, 5.74) is 2.00. The largest absolute Gasteiger partial charge is 0.496 e. The summed E-state index contributed by atoms with van der Waals surface area (Å²) >= 11 is 0. The van der Waals surface area contributed by atoms with Gasteiger partial charge in [-0.1, -0.05) is 30.3 Å². The molecule has 3 aromatic carbocycles. The van der Waals surface area contributed by atoms with Gasteiger partial charge in [-0.05, 0) is 31.2 Å². The SMILES string of the molecule is COc1cc2c(cc1NC(=O)[C@H](C)OC(=O)c1ccccc1OC)oc1ccccc12. The molecular weight excluding hydrogens is 398 g/mol. The molecular formula is C24H21NO6. The number of esters is 1. The van der Waals surface area contributed by atoms with Crippen LogP contribution in [0.2, 0.25) is 0 Å². The number of amides is 1. The summed E-state index contributed by atoms with van der Waals surface area (Å²) in [7, 11) is 2.98. The Balaban J connectivity index is 1.55. The van der Waals surface area contributed by atoms with Gasteiger partial charge in [0.1, 0.15) is 28.2 Å². The molecule has 4 rings (SSSR count). The van der Waals surface area contributed by atoms with E-state index in [-0.39, 0.29) is 5.56 Å². The van der Waals surface area contributed by atoms with Gasteiger partial charge in [0.2, 0.25) is 0 Å². The summed E-state index contributed by atoms with van der Waals surface area (Å²) in [5, 5.41) is 4.58. The van der Waals surface area contributed by atoms with Crippen LogP contribution < -0.4 is 14.8 Å². The van der Waals surface area contributed by atoms with Crippen molar-refractivity contribution < 1.29 is 28.2 Å². The van der Waals surface area contributed by atoms with Crippen LogP contribution in [-0.2, 0) is 9.53 Å². The lowest BCUT2D eigenvalue weighted by atomic mass is 10.1. The predicted molar refractivity (Wildman–Crippen MR) is 117 cm³/mol. The molecule has 0 unspecified atom stereocenters. The number of fused-ring (bicyclic) bond motifs is 3. The van der Waals surface area contributed by atoms with E-state index in [1.807, 2.05) is 30.3 Å². The average molecular weight is 419 g/mol. The molecule has 7 nitrogen and oxygen atoms in total. The first-order chi connectivity index (χ1) is 15.0. The lowest BCUT2D eigenvalue weighted by molar-refractivity contribution is -0.123. The molecule has 0 spiro atoms. The third kappa shape index (κ3) is 3.90. The van der Waals surface area contributed by atoms with Gasteiger partial charge in [0.05, 0.1) is 19.9 Å². The van der Waals surface area contributed by atoms with Crippen molar-refractivity contribution in [3.63, 3.8) is 0 Å². The molecule has 31 heavy (non-hydrogen) atoms. The molecule has 4 aromatic rings. The molecule has 0 aliphatic rings. The first-order valence-electron chi connectivity index (χ1n) is 9.66. The van der Waals surface area contributed by atoms with Crippen molar-refractivity contribution in [1.29, 1.82) is 0 Å². The van der Waals surface area contributed by atoms with Crippen LogP contribution in [0.15, 0.2) is 65.1 Å². The Morgan fingerprint density at radius 2 is 1.58 bits per heavy atom. The minimum Gasteiger partial charge on any atom is -0.496 e. The van der Waals surface area contributed by atoms with Crippen molar-refractivity contribution in [3.8, 4) is 11.5 Å². The Kier molecular flexibility index (Phi) is 5.49. The van der Waals surface area contributed by atoms with Gasteiger partial charge in [-0.25, -0.2) is 4.79 Å². The molecule has 0 saturated carbocycles. The van der Waals surface area contributed by atoms with Crippen LogP contribution in [0, 0.1) is 0 Å². The van der Waals surface area contributed by atoms with Gasteiger partial charge in [0.15, 0.2) is 6.10 Å². The predicted octanol–water partition coefficient (Wildman–Crippen LogP) is 4.79. The molecule has 0 aliphatic carbocycles. The molecule has 7 heteroatoms. The van der Waals surface area contributed by atoms with Gasteiger partial charge in [-0.3, -0.25) is 4.79 Å². The first kappa shape index (κ1) is 20.3. The Morgan fingerprint density at radius 1 is 0.871 bits per heavy atom. The number of nitrogens with one attached hydrogen (secondary N) is 1. The van der Waals surface area contributed by atoms with Gasteiger partial charge < -0.3 is 23.9 Å². The van der Waals surface area contributed by atoms with Crippen molar-refractivity contribution in [3.05, 3.63) is 66.2 Å². The number of anilines is 1. The lowest BCUT2D eigenvalue weighted by Gasteiger charge is -2.16. The maximum absolute atomic E-state index is 12.7. The molecule has 0 fully saturated rings. The highest BCUT2D eigenvalue weighted by Gasteiger charge is 2.23. The fourth-order valence-corrected chi connectivity index (χ4v) is 3.34. The van der Waals surface area contributed by atoms with Crippen LogP contribution in [-0.4, -0.2) is 32.2 Å². The fourth-order valence-electron chi connectivity index (χ4n) is 3.34. The van der Waals surface area contributed by atoms with E-state index in [0.717, 1.165) is 16.4 Å². The van der Waals surface area contributed by atoms with E-state index in [2.05, 4.69) is 5.32 Å². The highest BCUT2D eigenvalue weighted by Crippen LogP contribution is 2.36. The van der Waals surface area contributed by atoms with Gasteiger partial charge in [0, 0.05) is 16.8 Å². The summed E-state index contributed by atoms with van der Waals surface area (Å²) in [4.78, 5) is 25.2. The molecule has 1 atom stereocenters.